The smallest absolute Gasteiger partial charge is 0.123 e. The van der Waals surface area contributed by atoms with Crippen molar-refractivity contribution in [3.05, 3.63) is 47.3 Å². The maximum absolute atomic E-state index is 5.98. The van der Waals surface area contributed by atoms with Crippen LogP contribution < -0.4 is 10.1 Å². The lowest BCUT2D eigenvalue weighted by Gasteiger charge is -2.12. The topological polar surface area (TPSA) is 39.1 Å². The Balaban J connectivity index is 1.66. The normalized spacial score (nSPS) is 17.0. The van der Waals surface area contributed by atoms with Gasteiger partial charge in [0, 0.05) is 24.2 Å². The quantitative estimate of drug-likeness (QED) is 0.907. The van der Waals surface area contributed by atoms with E-state index in [0.29, 0.717) is 0 Å². The second-order valence-electron chi connectivity index (χ2n) is 5.27. The molecular formula is C16H21N3O. The summed E-state index contributed by atoms with van der Waals surface area (Å²) in [5, 5.41) is 7.83. The molecule has 2 aromatic rings. The van der Waals surface area contributed by atoms with Crippen LogP contribution in [0.1, 0.15) is 23.7 Å². The Hall–Kier alpha value is -1.81. The van der Waals surface area contributed by atoms with Crippen LogP contribution in [0.3, 0.4) is 0 Å². The SMILES string of the molecule is CCNCc1cnn(CC2Cc3ccccc3O2)c1C. The Morgan fingerprint density at radius 2 is 2.25 bits per heavy atom. The molecular weight excluding hydrogens is 250 g/mol. The molecule has 20 heavy (non-hydrogen) atoms. The van der Waals surface area contributed by atoms with Crippen LogP contribution in [0.4, 0.5) is 0 Å². The molecule has 4 nitrogen and oxygen atoms in total. The van der Waals surface area contributed by atoms with E-state index in [1.165, 1.54) is 16.8 Å². The number of fused-ring (bicyclic) bond motifs is 1. The van der Waals surface area contributed by atoms with Gasteiger partial charge in [0.15, 0.2) is 0 Å². The summed E-state index contributed by atoms with van der Waals surface area (Å²) < 4.78 is 8.04. The van der Waals surface area contributed by atoms with Crippen molar-refractivity contribution in [1.29, 1.82) is 0 Å². The molecule has 0 amide bonds. The minimum absolute atomic E-state index is 0.193. The van der Waals surface area contributed by atoms with E-state index in [0.717, 1.165) is 31.8 Å². The van der Waals surface area contributed by atoms with Crippen molar-refractivity contribution >= 4 is 0 Å². The molecule has 0 aliphatic carbocycles. The van der Waals surface area contributed by atoms with Crippen molar-refractivity contribution in [2.75, 3.05) is 6.54 Å². The maximum Gasteiger partial charge on any atom is 0.123 e. The van der Waals surface area contributed by atoms with Gasteiger partial charge in [0.1, 0.15) is 11.9 Å². The van der Waals surface area contributed by atoms with Gasteiger partial charge in [-0.15, -0.1) is 0 Å². The van der Waals surface area contributed by atoms with Crippen molar-refractivity contribution in [3.8, 4) is 5.75 Å². The highest BCUT2D eigenvalue weighted by Gasteiger charge is 2.23. The van der Waals surface area contributed by atoms with Crippen molar-refractivity contribution in [2.24, 2.45) is 0 Å². The van der Waals surface area contributed by atoms with Crippen molar-refractivity contribution < 1.29 is 4.74 Å². The average Bonchev–Trinajstić information content (AvgIpc) is 3.01. The third-order valence-electron chi connectivity index (χ3n) is 3.86. The first kappa shape index (κ1) is 13.2. The summed E-state index contributed by atoms with van der Waals surface area (Å²) >= 11 is 0. The fraction of sp³-hybridized carbons (Fsp3) is 0.438. The predicted molar refractivity (Wildman–Crippen MR) is 78.9 cm³/mol. The average molecular weight is 271 g/mol. The zero-order valence-corrected chi connectivity index (χ0v) is 12.1. The minimum atomic E-state index is 0.193. The molecule has 4 heteroatoms. The number of hydrogen-bond acceptors (Lipinski definition) is 3. The van der Waals surface area contributed by atoms with E-state index < -0.39 is 0 Å². The lowest BCUT2D eigenvalue weighted by atomic mass is 10.1. The second kappa shape index (κ2) is 5.67. The van der Waals surface area contributed by atoms with Gasteiger partial charge in [-0.2, -0.15) is 5.10 Å². The van der Waals surface area contributed by atoms with Gasteiger partial charge < -0.3 is 10.1 Å². The first-order valence-corrected chi connectivity index (χ1v) is 7.24. The summed E-state index contributed by atoms with van der Waals surface area (Å²) in [4.78, 5) is 0. The van der Waals surface area contributed by atoms with Gasteiger partial charge in [-0.3, -0.25) is 4.68 Å². The molecule has 1 atom stereocenters. The van der Waals surface area contributed by atoms with Crippen LogP contribution in [0, 0.1) is 6.92 Å². The molecule has 0 spiro atoms. The Morgan fingerprint density at radius 1 is 1.40 bits per heavy atom. The zero-order chi connectivity index (χ0) is 13.9. The highest BCUT2D eigenvalue weighted by molar-refractivity contribution is 5.37. The molecule has 0 radical (unpaired) electrons. The Bertz CT molecular complexity index is 566. The van der Waals surface area contributed by atoms with Crippen LogP contribution >= 0.6 is 0 Å². The third kappa shape index (κ3) is 2.56. The van der Waals surface area contributed by atoms with Crippen LogP contribution in [-0.2, 0) is 19.5 Å². The first-order valence-electron chi connectivity index (χ1n) is 7.24. The molecule has 1 aromatic heterocycles. The standard InChI is InChI=1S/C16H21N3O/c1-3-17-9-14-10-18-19(12(14)2)11-15-8-13-6-4-5-7-16(13)20-15/h4-7,10,15,17H,3,8-9,11H2,1-2H3. The third-order valence-corrected chi connectivity index (χ3v) is 3.86. The lowest BCUT2D eigenvalue weighted by molar-refractivity contribution is 0.202. The largest absolute Gasteiger partial charge is 0.488 e. The minimum Gasteiger partial charge on any atom is -0.488 e. The number of nitrogens with zero attached hydrogens (tertiary/aromatic N) is 2. The van der Waals surface area contributed by atoms with Crippen molar-refractivity contribution in [2.45, 2.75) is 39.5 Å². The van der Waals surface area contributed by atoms with Crippen LogP contribution in [0.2, 0.25) is 0 Å². The number of aromatic nitrogens is 2. The summed E-state index contributed by atoms with van der Waals surface area (Å²) in [5.74, 6) is 1.02. The summed E-state index contributed by atoms with van der Waals surface area (Å²) in [5.41, 5.74) is 3.79. The Morgan fingerprint density at radius 3 is 3.05 bits per heavy atom. The fourth-order valence-electron chi connectivity index (χ4n) is 2.65. The number of para-hydroxylation sites is 1. The fourth-order valence-corrected chi connectivity index (χ4v) is 2.65. The molecule has 1 aromatic carbocycles. The predicted octanol–water partition coefficient (Wildman–Crippen LogP) is 2.30. The van der Waals surface area contributed by atoms with E-state index >= 15 is 0 Å². The van der Waals surface area contributed by atoms with E-state index in [2.05, 4.69) is 41.1 Å². The number of hydrogen-bond donors (Lipinski definition) is 1. The van der Waals surface area contributed by atoms with Gasteiger partial charge in [-0.25, -0.2) is 0 Å². The van der Waals surface area contributed by atoms with Crippen LogP contribution in [-0.4, -0.2) is 22.4 Å². The molecule has 0 saturated heterocycles. The van der Waals surface area contributed by atoms with Gasteiger partial charge in [-0.1, -0.05) is 25.1 Å². The molecule has 1 aliphatic heterocycles. The van der Waals surface area contributed by atoms with E-state index in [-0.39, 0.29) is 6.10 Å². The van der Waals surface area contributed by atoms with Crippen LogP contribution in [0.25, 0.3) is 0 Å². The molecule has 106 valence electrons. The molecule has 1 unspecified atom stereocenters. The van der Waals surface area contributed by atoms with Crippen molar-refractivity contribution in [3.63, 3.8) is 0 Å². The number of ether oxygens (including phenoxy) is 1. The molecule has 0 saturated carbocycles. The van der Waals surface area contributed by atoms with E-state index in [9.17, 15) is 0 Å². The highest BCUT2D eigenvalue weighted by Crippen LogP contribution is 2.28. The van der Waals surface area contributed by atoms with Gasteiger partial charge in [0.05, 0.1) is 12.7 Å². The van der Waals surface area contributed by atoms with Gasteiger partial charge in [-0.05, 0) is 25.1 Å². The molecule has 0 bridgehead atoms. The molecule has 2 heterocycles. The second-order valence-corrected chi connectivity index (χ2v) is 5.27. The van der Waals surface area contributed by atoms with Gasteiger partial charge >= 0.3 is 0 Å². The van der Waals surface area contributed by atoms with Crippen LogP contribution in [0.15, 0.2) is 30.5 Å². The summed E-state index contributed by atoms with van der Waals surface area (Å²) in [6.45, 7) is 6.91. The van der Waals surface area contributed by atoms with E-state index in [4.69, 9.17) is 4.74 Å². The molecule has 1 N–H and O–H groups in total. The molecule has 0 fully saturated rings. The number of rotatable bonds is 5. The summed E-state index contributed by atoms with van der Waals surface area (Å²) in [6.07, 6.45) is 3.12. The lowest BCUT2D eigenvalue weighted by Crippen LogP contribution is -2.22. The van der Waals surface area contributed by atoms with Crippen molar-refractivity contribution in [1.82, 2.24) is 15.1 Å². The monoisotopic (exact) mass is 271 g/mol. The highest BCUT2D eigenvalue weighted by atomic mass is 16.5. The van der Waals surface area contributed by atoms with E-state index in [1.54, 1.807) is 0 Å². The Labute approximate surface area is 119 Å². The summed E-state index contributed by atoms with van der Waals surface area (Å²) in [7, 11) is 0. The van der Waals surface area contributed by atoms with Gasteiger partial charge in [0.2, 0.25) is 0 Å². The number of benzene rings is 1. The Kier molecular flexibility index (Phi) is 3.74. The summed E-state index contributed by atoms with van der Waals surface area (Å²) in [6, 6.07) is 8.27. The first-order chi connectivity index (χ1) is 9.78. The molecule has 1 aliphatic rings. The van der Waals surface area contributed by atoms with Gasteiger partial charge in [0.25, 0.3) is 0 Å². The number of nitrogens with one attached hydrogen (secondary N) is 1. The maximum atomic E-state index is 5.98. The van der Waals surface area contributed by atoms with Crippen LogP contribution in [0.5, 0.6) is 5.75 Å². The van der Waals surface area contributed by atoms with E-state index in [1.807, 2.05) is 18.3 Å². The zero-order valence-electron chi connectivity index (χ0n) is 12.1. The molecule has 3 rings (SSSR count).